The quantitative estimate of drug-likeness (QED) is 0.587. The third-order valence-electron chi connectivity index (χ3n) is 4.31. The maximum atomic E-state index is 13.4. The van der Waals surface area contributed by atoms with Gasteiger partial charge in [-0.15, -0.1) is 0 Å². The van der Waals surface area contributed by atoms with Gasteiger partial charge in [0.25, 0.3) is 5.56 Å². The predicted octanol–water partition coefficient (Wildman–Crippen LogP) is 3.88. The highest BCUT2D eigenvalue weighted by Crippen LogP contribution is 2.34. The Morgan fingerprint density at radius 1 is 1.17 bits per heavy atom. The number of aliphatic carboxylic acids is 1. The molecule has 3 rings (SSSR count). The van der Waals surface area contributed by atoms with E-state index in [1.165, 1.54) is 37.4 Å². The highest BCUT2D eigenvalue weighted by molar-refractivity contribution is 6.32. The number of hydrogen-bond donors (Lipinski definition) is 2. The van der Waals surface area contributed by atoms with Crippen LogP contribution in [0.2, 0.25) is 5.02 Å². The Balaban J connectivity index is 2.06. The molecule has 9 heteroatoms. The molecular formula is C20H15ClFNO6. The number of nitrogens with zero attached hydrogens (tertiary/aromatic N) is 1. The summed E-state index contributed by atoms with van der Waals surface area (Å²) in [5.41, 5.74) is -0.985. The van der Waals surface area contributed by atoms with Crippen molar-refractivity contribution in [1.82, 2.24) is 4.57 Å². The van der Waals surface area contributed by atoms with Crippen molar-refractivity contribution in [2.24, 2.45) is 7.05 Å². The number of aromatic hydroxyl groups is 1. The molecule has 2 N–H and O–H groups in total. The average Bonchev–Trinajstić information content (AvgIpc) is 2.67. The standard InChI is InChI=1S/C20H15ClFNO6/c1-23-14-9-11(29-16-8-10(22)2-5-13(16)21)3-4-12(14)19(27)18(20(23)28)15(24)6-7-17(25)26/h2-5,8-9,27H,6-7H2,1H3,(H,25,26). The van der Waals surface area contributed by atoms with E-state index < -0.39 is 47.3 Å². The minimum atomic E-state index is -1.19. The van der Waals surface area contributed by atoms with Gasteiger partial charge in [-0.2, -0.15) is 0 Å². The molecule has 0 aliphatic heterocycles. The third-order valence-corrected chi connectivity index (χ3v) is 4.62. The third kappa shape index (κ3) is 4.07. The molecule has 0 spiro atoms. The van der Waals surface area contributed by atoms with Gasteiger partial charge in [-0.25, -0.2) is 4.39 Å². The minimum absolute atomic E-state index is 0.0701. The van der Waals surface area contributed by atoms with Gasteiger partial charge in [0.2, 0.25) is 0 Å². The number of rotatable bonds is 6. The summed E-state index contributed by atoms with van der Waals surface area (Å²) >= 11 is 5.99. The van der Waals surface area contributed by atoms with Gasteiger partial charge in [-0.05, 0) is 24.3 Å². The summed E-state index contributed by atoms with van der Waals surface area (Å²) in [6, 6.07) is 7.94. The molecule has 0 unspecified atom stereocenters. The highest BCUT2D eigenvalue weighted by atomic mass is 35.5. The first-order chi connectivity index (χ1) is 13.7. The summed E-state index contributed by atoms with van der Waals surface area (Å²) in [5.74, 6) is -2.73. The number of Topliss-reactive ketones (excluding diaryl/α,β-unsaturated/α-hetero) is 1. The predicted molar refractivity (Wildman–Crippen MR) is 104 cm³/mol. The van der Waals surface area contributed by atoms with Crippen LogP contribution in [0.4, 0.5) is 4.39 Å². The molecule has 0 bridgehead atoms. The second-order valence-corrected chi connectivity index (χ2v) is 6.67. The van der Waals surface area contributed by atoms with E-state index in [-0.39, 0.29) is 27.4 Å². The number of ether oxygens (including phenoxy) is 1. The van der Waals surface area contributed by atoms with Crippen LogP contribution in [-0.2, 0) is 11.8 Å². The van der Waals surface area contributed by atoms with Gasteiger partial charge in [-0.3, -0.25) is 14.4 Å². The van der Waals surface area contributed by atoms with Gasteiger partial charge in [0.1, 0.15) is 28.6 Å². The second kappa shape index (κ2) is 7.92. The number of pyridine rings is 1. The first-order valence-corrected chi connectivity index (χ1v) is 8.80. The monoisotopic (exact) mass is 419 g/mol. The van der Waals surface area contributed by atoms with Crippen molar-refractivity contribution in [3.63, 3.8) is 0 Å². The summed E-state index contributed by atoms with van der Waals surface area (Å²) in [5, 5.41) is 19.6. The van der Waals surface area contributed by atoms with Gasteiger partial charge < -0.3 is 19.5 Å². The first-order valence-electron chi connectivity index (χ1n) is 8.42. The molecule has 1 aromatic heterocycles. The summed E-state index contributed by atoms with van der Waals surface area (Å²) in [6.07, 6.45) is -0.871. The lowest BCUT2D eigenvalue weighted by Gasteiger charge is -2.13. The molecule has 3 aromatic rings. The van der Waals surface area contributed by atoms with Crippen molar-refractivity contribution in [2.45, 2.75) is 12.8 Å². The van der Waals surface area contributed by atoms with Crippen molar-refractivity contribution >= 4 is 34.3 Å². The highest BCUT2D eigenvalue weighted by Gasteiger charge is 2.22. The number of carbonyl (C=O) groups excluding carboxylic acids is 1. The normalized spacial score (nSPS) is 10.9. The Bertz CT molecular complexity index is 1200. The number of fused-ring (bicyclic) bond motifs is 1. The Morgan fingerprint density at radius 3 is 2.59 bits per heavy atom. The number of hydrogen-bond acceptors (Lipinski definition) is 5. The van der Waals surface area contributed by atoms with Crippen LogP contribution in [0.15, 0.2) is 41.2 Å². The molecule has 0 amide bonds. The average molecular weight is 420 g/mol. The second-order valence-electron chi connectivity index (χ2n) is 6.26. The lowest BCUT2D eigenvalue weighted by molar-refractivity contribution is -0.136. The fraction of sp³-hybridized carbons (Fsp3) is 0.150. The van der Waals surface area contributed by atoms with Crippen molar-refractivity contribution < 1.29 is 28.9 Å². The van der Waals surface area contributed by atoms with Crippen LogP contribution in [0.25, 0.3) is 10.9 Å². The van der Waals surface area contributed by atoms with E-state index >= 15 is 0 Å². The van der Waals surface area contributed by atoms with Gasteiger partial charge in [0.15, 0.2) is 5.78 Å². The molecule has 0 atom stereocenters. The molecular weight excluding hydrogens is 405 g/mol. The van der Waals surface area contributed by atoms with Crippen LogP contribution in [0.1, 0.15) is 23.2 Å². The molecule has 0 saturated heterocycles. The van der Waals surface area contributed by atoms with Crippen LogP contribution in [0.5, 0.6) is 17.2 Å². The smallest absolute Gasteiger partial charge is 0.303 e. The summed E-state index contributed by atoms with van der Waals surface area (Å²) in [6.45, 7) is 0. The summed E-state index contributed by atoms with van der Waals surface area (Å²) in [7, 11) is 1.40. The maximum absolute atomic E-state index is 13.4. The fourth-order valence-electron chi connectivity index (χ4n) is 2.84. The van der Waals surface area contributed by atoms with Crippen LogP contribution in [0, 0.1) is 5.82 Å². The van der Waals surface area contributed by atoms with Crippen LogP contribution < -0.4 is 10.3 Å². The number of aryl methyl sites for hydroxylation is 1. The molecule has 2 aromatic carbocycles. The van der Waals surface area contributed by atoms with E-state index in [0.29, 0.717) is 0 Å². The van der Waals surface area contributed by atoms with Crippen molar-refractivity contribution in [3.8, 4) is 17.2 Å². The summed E-state index contributed by atoms with van der Waals surface area (Å²) < 4.78 is 20.1. The van der Waals surface area contributed by atoms with Crippen LogP contribution in [0.3, 0.4) is 0 Å². The number of ketones is 1. The zero-order valence-corrected chi connectivity index (χ0v) is 15.9. The largest absolute Gasteiger partial charge is 0.506 e. The van der Waals surface area contributed by atoms with Crippen molar-refractivity contribution in [2.75, 3.05) is 0 Å². The Kier molecular flexibility index (Phi) is 5.56. The van der Waals surface area contributed by atoms with Crippen LogP contribution >= 0.6 is 11.6 Å². The number of carboxylic acid groups (broad SMARTS) is 1. The number of benzene rings is 2. The number of halogens is 2. The first kappa shape index (κ1) is 20.3. The Hall–Kier alpha value is -3.39. The zero-order chi connectivity index (χ0) is 21.3. The maximum Gasteiger partial charge on any atom is 0.303 e. The molecule has 150 valence electrons. The molecule has 0 aliphatic rings. The topological polar surface area (TPSA) is 106 Å². The zero-order valence-electron chi connectivity index (χ0n) is 15.1. The van der Waals surface area contributed by atoms with Crippen LogP contribution in [-0.4, -0.2) is 26.5 Å². The van der Waals surface area contributed by atoms with Crippen molar-refractivity contribution in [1.29, 1.82) is 0 Å². The van der Waals surface area contributed by atoms with Gasteiger partial charge in [-0.1, -0.05) is 11.6 Å². The van der Waals surface area contributed by atoms with E-state index in [9.17, 15) is 23.9 Å². The molecule has 0 fully saturated rings. The molecule has 1 heterocycles. The van der Waals surface area contributed by atoms with Gasteiger partial charge in [0, 0.05) is 31.0 Å². The Labute approximate surface area is 168 Å². The Morgan fingerprint density at radius 2 is 1.90 bits per heavy atom. The van der Waals surface area contributed by atoms with Crippen molar-refractivity contribution in [3.05, 3.63) is 63.2 Å². The van der Waals surface area contributed by atoms with E-state index in [0.717, 1.165) is 10.6 Å². The molecule has 29 heavy (non-hydrogen) atoms. The van der Waals surface area contributed by atoms with Gasteiger partial charge in [0.05, 0.1) is 17.0 Å². The van der Waals surface area contributed by atoms with E-state index in [1.54, 1.807) is 0 Å². The minimum Gasteiger partial charge on any atom is -0.506 e. The number of aromatic nitrogens is 1. The molecule has 7 nitrogen and oxygen atoms in total. The number of carboxylic acids is 1. The molecule has 0 saturated carbocycles. The number of carbonyl (C=O) groups is 2. The summed E-state index contributed by atoms with van der Waals surface area (Å²) in [4.78, 5) is 35.5. The van der Waals surface area contributed by atoms with Gasteiger partial charge >= 0.3 is 5.97 Å². The lowest BCUT2D eigenvalue weighted by Crippen LogP contribution is -2.25. The molecule has 0 aliphatic carbocycles. The fourth-order valence-corrected chi connectivity index (χ4v) is 3.00. The molecule has 0 radical (unpaired) electrons. The van der Waals surface area contributed by atoms with E-state index in [2.05, 4.69) is 0 Å². The lowest BCUT2D eigenvalue weighted by atomic mass is 10.0. The SMILES string of the molecule is Cn1c(=O)c(C(=O)CCC(=O)O)c(O)c2ccc(Oc3cc(F)ccc3Cl)cc21. The van der Waals surface area contributed by atoms with E-state index in [1.807, 2.05) is 0 Å². The van der Waals surface area contributed by atoms with E-state index in [4.69, 9.17) is 21.4 Å².